The van der Waals surface area contributed by atoms with Crippen LogP contribution in [0, 0.1) is 0 Å². The molecule has 0 unspecified atom stereocenters. The van der Waals surface area contributed by atoms with E-state index < -0.39 is 5.97 Å². The summed E-state index contributed by atoms with van der Waals surface area (Å²) in [5, 5.41) is 8.37. The normalized spacial score (nSPS) is 6.93. The van der Waals surface area contributed by atoms with Gasteiger partial charge in [-0.3, -0.25) is 4.79 Å². The summed E-state index contributed by atoms with van der Waals surface area (Å²) in [7, 11) is 0. The molecule has 0 saturated carbocycles. The molecule has 0 atom stereocenters. The Labute approximate surface area is 118 Å². The molecule has 1 aromatic carbocycles. The summed E-state index contributed by atoms with van der Waals surface area (Å²) >= 11 is 0. The summed E-state index contributed by atoms with van der Waals surface area (Å²) in [6.45, 7) is 8.00. The van der Waals surface area contributed by atoms with Crippen LogP contribution in [0.3, 0.4) is 0 Å². The first-order valence-corrected chi connectivity index (χ1v) is 5.05. The third-order valence-corrected chi connectivity index (χ3v) is 1.20. The third kappa shape index (κ3) is 13.8. The molecule has 1 N–H and O–H groups in total. The van der Waals surface area contributed by atoms with Gasteiger partial charge in [-0.2, -0.15) is 0 Å². The molecule has 0 bridgehead atoms. The molecule has 0 amide bonds. The maximum absolute atomic E-state index is 10.2. The summed E-state index contributed by atoms with van der Waals surface area (Å²) in [5.41, 5.74) is 0.843. The number of aliphatic carboxylic acids is 1. The Balaban J connectivity index is -0.000000258. The molecule has 0 saturated heterocycles. The topological polar surface area (TPSA) is 37.3 Å². The van der Waals surface area contributed by atoms with E-state index in [2.05, 4.69) is 0 Å². The summed E-state index contributed by atoms with van der Waals surface area (Å²) in [4.78, 5) is 10.2. The number of hydrogen-bond donors (Lipinski definition) is 1. The van der Waals surface area contributed by atoms with Gasteiger partial charge in [-0.05, 0) is 5.56 Å². The van der Waals surface area contributed by atoms with Crippen LogP contribution in [0.15, 0.2) is 30.3 Å². The van der Waals surface area contributed by atoms with Gasteiger partial charge in [0.05, 0.1) is 6.42 Å². The zero-order valence-corrected chi connectivity index (χ0v) is 12.9. The van der Waals surface area contributed by atoms with Crippen molar-refractivity contribution in [2.45, 2.75) is 34.1 Å². The van der Waals surface area contributed by atoms with Crippen molar-refractivity contribution in [3.05, 3.63) is 35.9 Å². The molecular formula is C12H20O2Y. The molecule has 0 aromatic heterocycles. The van der Waals surface area contributed by atoms with Crippen LogP contribution in [0.1, 0.15) is 33.3 Å². The van der Waals surface area contributed by atoms with Gasteiger partial charge >= 0.3 is 5.97 Å². The van der Waals surface area contributed by atoms with Crippen molar-refractivity contribution in [2.24, 2.45) is 0 Å². The zero-order valence-electron chi connectivity index (χ0n) is 10.0. The van der Waals surface area contributed by atoms with Gasteiger partial charge in [0.1, 0.15) is 0 Å². The van der Waals surface area contributed by atoms with E-state index in [1.54, 1.807) is 12.1 Å². The Bertz CT molecular complexity index is 222. The number of rotatable bonds is 2. The van der Waals surface area contributed by atoms with E-state index in [-0.39, 0.29) is 39.1 Å². The molecule has 1 radical (unpaired) electrons. The zero-order chi connectivity index (χ0) is 11.4. The Morgan fingerprint density at radius 1 is 1.07 bits per heavy atom. The van der Waals surface area contributed by atoms with E-state index in [9.17, 15) is 4.79 Å². The monoisotopic (exact) mass is 285 g/mol. The van der Waals surface area contributed by atoms with Gasteiger partial charge in [-0.1, -0.05) is 58.0 Å². The van der Waals surface area contributed by atoms with E-state index >= 15 is 0 Å². The average Bonchev–Trinajstić information content (AvgIpc) is 2.24. The van der Waals surface area contributed by atoms with Crippen LogP contribution < -0.4 is 0 Å². The maximum Gasteiger partial charge on any atom is 0.307 e. The van der Waals surface area contributed by atoms with Crippen molar-refractivity contribution in [3.63, 3.8) is 0 Å². The smallest absolute Gasteiger partial charge is 0.307 e. The van der Waals surface area contributed by atoms with Crippen LogP contribution in [0.25, 0.3) is 0 Å². The predicted molar refractivity (Wildman–Crippen MR) is 60.5 cm³/mol. The fourth-order valence-corrected chi connectivity index (χ4v) is 0.770. The minimum atomic E-state index is -0.786. The molecule has 0 aliphatic heterocycles. The van der Waals surface area contributed by atoms with Crippen molar-refractivity contribution in [2.75, 3.05) is 0 Å². The van der Waals surface area contributed by atoms with E-state index in [0.29, 0.717) is 0 Å². The van der Waals surface area contributed by atoms with Crippen LogP contribution in [0.4, 0.5) is 0 Å². The molecule has 15 heavy (non-hydrogen) atoms. The summed E-state index contributed by atoms with van der Waals surface area (Å²) in [6, 6.07) is 9.13. The molecule has 0 spiro atoms. The second-order valence-electron chi connectivity index (χ2n) is 2.06. The second-order valence-corrected chi connectivity index (χ2v) is 2.06. The first kappa shape index (κ1) is 20.2. The molecule has 0 fully saturated rings. The SMILES string of the molecule is CC.CC.O=C(O)Cc1ccccc1.[Y]. The number of carboxylic acids is 1. The third-order valence-electron chi connectivity index (χ3n) is 1.20. The first-order chi connectivity index (χ1) is 6.79. The minimum absolute atomic E-state index is 0. The molecule has 83 valence electrons. The fraction of sp³-hybridized carbons (Fsp3) is 0.417. The first-order valence-electron chi connectivity index (χ1n) is 5.05. The van der Waals surface area contributed by atoms with Crippen molar-refractivity contribution >= 4 is 5.97 Å². The van der Waals surface area contributed by atoms with Gasteiger partial charge in [0.25, 0.3) is 0 Å². The molecule has 3 heteroatoms. The largest absolute Gasteiger partial charge is 0.481 e. The van der Waals surface area contributed by atoms with Crippen molar-refractivity contribution in [3.8, 4) is 0 Å². The summed E-state index contributed by atoms with van der Waals surface area (Å²) in [5.74, 6) is -0.786. The van der Waals surface area contributed by atoms with E-state index in [1.807, 2.05) is 45.9 Å². The summed E-state index contributed by atoms with van der Waals surface area (Å²) in [6.07, 6.45) is 0.112. The van der Waals surface area contributed by atoms with E-state index in [0.717, 1.165) is 5.56 Å². The van der Waals surface area contributed by atoms with Crippen molar-refractivity contribution in [1.29, 1.82) is 0 Å². The Kier molecular flexibility index (Phi) is 21.9. The number of carboxylic acid groups (broad SMARTS) is 1. The predicted octanol–water partition coefficient (Wildman–Crippen LogP) is 3.36. The van der Waals surface area contributed by atoms with E-state index in [4.69, 9.17) is 5.11 Å². The van der Waals surface area contributed by atoms with Crippen molar-refractivity contribution in [1.82, 2.24) is 0 Å². The number of benzene rings is 1. The van der Waals surface area contributed by atoms with Crippen LogP contribution in [0.5, 0.6) is 0 Å². The average molecular weight is 285 g/mol. The van der Waals surface area contributed by atoms with E-state index in [1.165, 1.54) is 0 Å². The van der Waals surface area contributed by atoms with Gasteiger partial charge in [0.2, 0.25) is 0 Å². The van der Waals surface area contributed by atoms with Gasteiger partial charge in [-0.25, -0.2) is 0 Å². The van der Waals surface area contributed by atoms with Crippen LogP contribution in [0.2, 0.25) is 0 Å². The number of carbonyl (C=O) groups is 1. The maximum atomic E-state index is 10.2. The van der Waals surface area contributed by atoms with Crippen molar-refractivity contribution < 1.29 is 42.6 Å². The van der Waals surface area contributed by atoms with Crippen LogP contribution in [-0.4, -0.2) is 11.1 Å². The molecule has 0 heterocycles. The Hall–Kier alpha value is -0.206. The Morgan fingerprint density at radius 3 is 1.80 bits per heavy atom. The van der Waals surface area contributed by atoms with Crippen LogP contribution >= 0.6 is 0 Å². The molecule has 1 aromatic rings. The van der Waals surface area contributed by atoms with Gasteiger partial charge < -0.3 is 5.11 Å². The van der Waals surface area contributed by atoms with Gasteiger partial charge in [0.15, 0.2) is 0 Å². The van der Waals surface area contributed by atoms with Crippen LogP contribution in [-0.2, 0) is 43.9 Å². The second kappa shape index (κ2) is 16.2. The minimum Gasteiger partial charge on any atom is -0.481 e. The molecular weight excluding hydrogens is 265 g/mol. The number of hydrogen-bond acceptors (Lipinski definition) is 1. The molecule has 1 rings (SSSR count). The molecule has 2 nitrogen and oxygen atoms in total. The molecule has 0 aliphatic rings. The fourth-order valence-electron chi connectivity index (χ4n) is 0.770. The van der Waals surface area contributed by atoms with Gasteiger partial charge in [-0.15, -0.1) is 0 Å². The summed E-state index contributed by atoms with van der Waals surface area (Å²) < 4.78 is 0. The standard InChI is InChI=1S/C8H8O2.2C2H6.Y/c9-8(10)6-7-4-2-1-3-5-7;2*1-2;/h1-5H,6H2,(H,9,10);2*1-2H3;. The molecule has 0 aliphatic carbocycles. The Morgan fingerprint density at radius 2 is 1.47 bits per heavy atom. The van der Waals surface area contributed by atoms with Gasteiger partial charge in [0, 0.05) is 32.7 Å². The quantitative estimate of drug-likeness (QED) is 0.904.